The van der Waals surface area contributed by atoms with Crippen molar-refractivity contribution in [1.29, 1.82) is 0 Å². The second kappa shape index (κ2) is 10.3. The molecule has 1 aromatic carbocycles. The van der Waals surface area contributed by atoms with Gasteiger partial charge in [-0.3, -0.25) is 9.59 Å². The average Bonchev–Trinajstić information content (AvgIpc) is 3.05. The van der Waals surface area contributed by atoms with Gasteiger partial charge in [0.2, 0.25) is 0 Å². The minimum absolute atomic E-state index is 0.0129. The normalized spacial score (nSPS) is 27.5. The predicted octanol–water partition coefficient (Wildman–Crippen LogP) is 3.25. The van der Waals surface area contributed by atoms with Crippen LogP contribution in [0.3, 0.4) is 0 Å². The van der Waals surface area contributed by atoms with Gasteiger partial charge in [-0.1, -0.05) is 18.2 Å². The molecule has 1 fully saturated rings. The van der Waals surface area contributed by atoms with E-state index in [0.29, 0.717) is 35.5 Å². The molecule has 1 N–H and O–H groups in total. The summed E-state index contributed by atoms with van der Waals surface area (Å²) < 4.78 is 27.9. The molecule has 0 aliphatic carbocycles. The number of methoxy groups -OCH3 is 2. The molecular formula is C24H31NO7. The summed E-state index contributed by atoms with van der Waals surface area (Å²) >= 11 is 0. The molecule has 1 aromatic rings. The van der Waals surface area contributed by atoms with Crippen LogP contribution >= 0.6 is 0 Å². The molecule has 2 aliphatic rings. The van der Waals surface area contributed by atoms with Gasteiger partial charge < -0.3 is 29.0 Å². The van der Waals surface area contributed by atoms with E-state index in [1.807, 2.05) is 13.0 Å². The number of hydrogen-bond acceptors (Lipinski definition) is 7. The Morgan fingerprint density at radius 3 is 2.56 bits per heavy atom. The van der Waals surface area contributed by atoms with Gasteiger partial charge in [-0.15, -0.1) is 0 Å². The molecule has 0 spiro atoms. The van der Waals surface area contributed by atoms with E-state index in [9.17, 15) is 9.59 Å². The van der Waals surface area contributed by atoms with Crippen molar-refractivity contribution in [2.45, 2.75) is 57.6 Å². The van der Waals surface area contributed by atoms with Crippen LogP contribution in [-0.2, 0) is 19.0 Å². The highest BCUT2D eigenvalue weighted by Gasteiger charge is 2.43. The number of carbonyl (C=O) groups is 2. The maximum atomic E-state index is 13.2. The molecule has 0 aromatic heterocycles. The Bertz CT molecular complexity index is 906. The van der Waals surface area contributed by atoms with Gasteiger partial charge in [0, 0.05) is 19.2 Å². The van der Waals surface area contributed by atoms with E-state index in [0.717, 1.165) is 0 Å². The van der Waals surface area contributed by atoms with E-state index in [1.54, 1.807) is 45.2 Å². The van der Waals surface area contributed by atoms with E-state index in [2.05, 4.69) is 5.32 Å². The molecule has 1 saturated heterocycles. The first-order chi connectivity index (χ1) is 15.2. The quantitative estimate of drug-likeness (QED) is 0.711. The van der Waals surface area contributed by atoms with E-state index in [-0.39, 0.29) is 24.5 Å². The van der Waals surface area contributed by atoms with E-state index >= 15 is 0 Å². The maximum absolute atomic E-state index is 13.2. The minimum Gasteiger partial charge on any atom is -0.497 e. The van der Waals surface area contributed by atoms with Gasteiger partial charge in [-0.05, 0) is 51.3 Å². The smallest absolute Gasteiger partial charge is 0.255 e. The number of hydrogen-bond donors (Lipinski definition) is 1. The summed E-state index contributed by atoms with van der Waals surface area (Å²) in [5.74, 6) is -0.399. The van der Waals surface area contributed by atoms with Crippen LogP contribution in [0.15, 0.2) is 30.4 Å². The summed E-state index contributed by atoms with van der Waals surface area (Å²) in [6.07, 6.45) is 6.70. The second-order valence-corrected chi connectivity index (χ2v) is 8.29. The zero-order chi connectivity index (χ0) is 23.3. The minimum atomic E-state index is -0.853. The van der Waals surface area contributed by atoms with Crippen molar-refractivity contribution in [3.63, 3.8) is 0 Å². The largest absolute Gasteiger partial charge is 0.497 e. The molecular weight excluding hydrogens is 414 g/mol. The topological polar surface area (TPSA) is 92.3 Å². The molecule has 3 rings (SSSR count). The van der Waals surface area contributed by atoms with E-state index in [4.69, 9.17) is 23.7 Å². The van der Waals surface area contributed by atoms with Gasteiger partial charge in [0.25, 0.3) is 5.91 Å². The van der Waals surface area contributed by atoms with Crippen LogP contribution in [0.2, 0.25) is 0 Å². The fourth-order valence-corrected chi connectivity index (χ4v) is 3.76. The molecule has 3 atom stereocenters. The molecule has 8 heteroatoms. The van der Waals surface area contributed by atoms with Crippen molar-refractivity contribution in [3.8, 4) is 11.5 Å². The first kappa shape index (κ1) is 24.0. The molecule has 2 heterocycles. The lowest BCUT2D eigenvalue weighted by Crippen LogP contribution is -2.33. The SMILES string of the molecule is COCOc1cc(OC)cc2c1C(=O)NC(C)C/C=C\C(=O)C1OC(C)(C)O[C@H]1C/C=C/2. The van der Waals surface area contributed by atoms with Crippen molar-refractivity contribution in [1.82, 2.24) is 5.32 Å². The zero-order valence-electron chi connectivity index (χ0n) is 19.2. The summed E-state index contributed by atoms with van der Waals surface area (Å²) in [4.78, 5) is 25.9. The molecule has 174 valence electrons. The standard InChI is InChI=1S/C24H31NO7/c1-15-8-6-10-18(26)22-19(31-24(2,3)32-22)11-7-9-16-12-17(29-5)13-20(30-14-28-4)21(16)23(27)25-15/h6-7,9-10,12-13,15,19,22H,8,11,14H2,1-5H3,(H,25,27)/b9-7+,10-6-/t15?,19-,22?/m0/s1. The van der Waals surface area contributed by atoms with Gasteiger partial charge in [-0.25, -0.2) is 0 Å². The van der Waals surface area contributed by atoms with Crippen molar-refractivity contribution >= 4 is 17.8 Å². The average molecular weight is 446 g/mol. The second-order valence-electron chi connectivity index (χ2n) is 8.29. The Hall–Kier alpha value is -2.68. The molecule has 0 radical (unpaired) electrons. The van der Waals surface area contributed by atoms with Gasteiger partial charge in [-0.2, -0.15) is 0 Å². The van der Waals surface area contributed by atoms with Crippen molar-refractivity contribution in [2.75, 3.05) is 21.0 Å². The summed E-state index contributed by atoms with van der Waals surface area (Å²) in [7, 11) is 3.06. The number of fused-ring (bicyclic) bond motifs is 2. The van der Waals surface area contributed by atoms with Crippen LogP contribution in [0.5, 0.6) is 11.5 Å². The van der Waals surface area contributed by atoms with Crippen LogP contribution in [0.4, 0.5) is 0 Å². The van der Waals surface area contributed by atoms with Gasteiger partial charge >= 0.3 is 0 Å². The molecule has 8 nitrogen and oxygen atoms in total. The highest BCUT2D eigenvalue weighted by molar-refractivity contribution is 6.01. The fraction of sp³-hybridized carbons (Fsp3) is 0.500. The van der Waals surface area contributed by atoms with Crippen LogP contribution in [-0.4, -0.2) is 56.7 Å². The number of ether oxygens (including phenoxy) is 5. The first-order valence-electron chi connectivity index (χ1n) is 10.6. The lowest BCUT2D eigenvalue weighted by molar-refractivity contribution is -0.152. The Morgan fingerprint density at radius 2 is 1.84 bits per heavy atom. The molecule has 32 heavy (non-hydrogen) atoms. The van der Waals surface area contributed by atoms with E-state index < -0.39 is 18.0 Å². The number of benzene rings is 1. The monoisotopic (exact) mass is 445 g/mol. The zero-order valence-corrected chi connectivity index (χ0v) is 19.2. The predicted molar refractivity (Wildman–Crippen MR) is 119 cm³/mol. The molecule has 0 bridgehead atoms. The van der Waals surface area contributed by atoms with Crippen molar-refractivity contribution in [3.05, 3.63) is 41.5 Å². The maximum Gasteiger partial charge on any atom is 0.255 e. The van der Waals surface area contributed by atoms with Crippen molar-refractivity contribution in [2.24, 2.45) is 0 Å². The third-order valence-corrected chi connectivity index (χ3v) is 5.18. The Balaban J connectivity index is 2.03. The van der Waals surface area contributed by atoms with Crippen LogP contribution in [0, 0.1) is 0 Å². The van der Waals surface area contributed by atoms with Gasteiger partial charge in [0.05, 0.1) is 18.8 Å². The highest BCUT2D eigenvalue weighted by atomic mass is 16.8. The van der Waals surface area contributed by atoms with Crippen LogP contribution in [0.1, 0.15) is 49.5 Å². The summed E-state index contributed by atoms with van der Waals surface area (Å²) in [5, 5.41) is 2.97. The molecule has 2 unspecified atom stereocenters. The Labute approximate surface area is 188 Å². The summed E-state index contributed by atoms with van der Waals surface area (Å²) in [6.45, 7) is 5.44. The van der Waals surface area contributed by atoms with Crippen molar-refractivity contribution < 1.29 is 33.3 Å². The Morgan fingerprint density at radius 1 is 1.09 bits per heavy atom. The number of rotatable bonds is 4. The first-order valence-corrected chi connectivity index (χ1v) is 10.6. The fourth-order valence-electron chi connectivity index (χ4n) is 3.76. The molecule has 0 saturated carbocycles. The van der Waals surface area contributed by atoms with Gasteiger partial charge in [0.15, 0.2) is 18.4 Å². The third kappa shape index (κ3) is 5.76. The van der Waals surface area contributed by atoms with E-state index in [1.165, 1.54) is 13.2 Å². The van der Waals surface area contributed by atoms with Crippen LogP contribution < -0.4 is 14.8 Å². The number of amides is 1. The molecule has 1 amide bonds. The summed E-state index contributed by atoms with van der Waals surface area (Å²) in [5.41, 5.74) is 0.998. The molecule has 2 aliphatic heterocycles. The third-order valence-electron chi connectivity index (χ3n) is 5.18. The number of nitrogens with one attached hydrogen (secondary N) is 1. The lowest BCUT2D eigenvalue weighted by atomic mass is 10.0. The Kier molecular flexibility index (Phi) is 7.71. The summed E-state index contributed by atoms with van der Waals surface area (Å²) in [6, 6.07) is 3.21. The number of ketones is 1. The lowest BCUT2D eigenvalue weighted by Gasteiger charge is -2.18. The van der Waals surface area contributed by atoms with Gasteiger partial charge in [0.1, 0.15) is 17.6 Å². The highest BCUT2D eigenvalue weighted by Crippen LogP contribution is 2.33. The number of carbonyl (C=O) groups excluding carboxylic acids is 2. The van der Waals surface area contributed by atoms with Crippen LogP contribution in [0.25, 0.3) is 6.08 Å².